The van der Waals surface area contributed by atoms with Crippen LogP contribution in [0.3, 0.4) is 0 Å². The lowest BCUT2D eigenvalue weighted by atomic mass is 10.5. The molecule has 1 N–H and O–H groups in total. The van der Waals surface area contributed by atoms with Crippen LogP contribution in [0.4, 0.5) is 0 Å². The van der Waals surface area contributed by atoms with Crippen molar-refractivity contribution < 1.29 is 14.3 Å². The fourth-order valence-electron chi connectivity index (χ4n) is 1.20. The molecule has 0 aromatic carbocycles. The van der Waals surface area contributed by atoms with E-state index in [1.807, 2.05) is 0 Å². The third-order valence-electron chi connectivity index (χ3n) is 1.85. The van der Waals surface area contributed by atoms with Crippen LogP contribution < -0.4 is 5.56 Å². The van der Waals surface area contributed by atoms with E-state index in [-0.39, 0.29) is 18.7 Å². The minimum absolute atomic E-state index is 0.130. The zero-order valence-corrected chi connectivity index (χ0v) is 10.7. The molecule has 1 rings (SSSR count). The van der Waals surface area contributed by atoms with E-state index >= 15 is 0 Å². The average molecular weight is 293 g/mol. The molecule has 90 valence electrons. The molecule has 0 unspecified atom stereocenters. The summed E-state index contributed by atoms with van der Waals surface area (Å²) in [7, 11) is 1.52. The summed E-state index contributed by atoms with van der Waals surface area (Å²) in [5.74, 6) is -0.456. The van der Waals surface area contributed by atoms with Crippen molar-refractivity contribution in [3.63, 3.8) is 0 Å². The fourth-order valence-corrected chi connectivity index (χ4v) is 1.61. The van der Waals surface area contributed by atoms with Crippen LogP contribution in [0.15, 0.2) is 9.27 Å². The molecule has 16 heavy (non-hydrogen) atoms. The molecule has 0 saturated carbocycles. The molecule has 6 nitrogen and oxygen atoms in total. The largest absolute Gasteiger partial charge is 0.465 e. The van der Waals surface area contributed by atoms with Gasteiger partial charge in [-0.3, -0.25) is 14.7 Å². The van der Waals surface area contributed by atoms with E-state index in [2.05, 4.69) is 21.0 Å². The number of nitrogens with one attached hydrogen (secondary N) is 1. The van der Waals surface area contributed by atoms with E-state index in [1.54, 1.807) is 6.92 Å². The lowest BCUT2D eigenvalue weighted by molar-refractivity contribution is -0.144. The van der Waals surface area contributed by atoms with Crippen LogP contribution in [-0.2, 0) is 27.4 Å². The second kappa shape index (κ2) is 5.86. The maximum Gasteiger partial charge on any atom is 0.327 e. The molecule has 1 aromatic heterocycles. The number of hydrogen-bond donors (Lipinski definition) is 1. The van der Waals surface area contributed by atoms with E-state index in [9.17, 15) is 9.59 Å². The summed E-state index contributed by atoms with van der Waals surface area (Å²) in [5, 5.41) is 2.77. The standard InChI is InChI=1S/C9H13BrN2O4/c1-3-16-7(13)4-12-9(14)8(10)6(11-12)5-15-2/h11H,3-5H2,1-2H3. The van der Waals surface area contributed by atoms with E-state index in [0.717, 1.165) is 0 Å². The highest BCUT2D eigenvalue weighted by Gasteiger charge is 2.13. The van der Waals surface area contributed by atoms with Crippen LogP contribution >= 0.6 is 15.9 Å². The predicted octanol–water partition coefficient (Wildman–Crippen LogP) is 0.648. The van der Waals surface area contributed by atoms with Crippen LogP contribution in [0, 0.1) is 0 Å². The first-order valence-corrected chi connectivity index (χ1v) is 5.51. The highest BCUT2D eigenvalue weighted by molar-refractivity contribution is 9.10. The Balaban J connectivity index is 2.85. The van der Waals surface area contributed by atoms with Gasteiger partial charge in [-0.25, -0.2) is 4.68 Å². The monoisotopic (exact) mass is 292 g/mol. The number of esters is 1. The molecule has 1 heterocycles. The van der Waals surface area contributed by atoms with Crippen molar-refractivity contribution in [2.24, 2.45) is 0 Å². The van der Waals surface area contributed by atoms with Crippen LogP contribution in [-0.4, -0.2) is 29.5 Å². The summed E-state index contributed by atoms with van der Waals surface area (Å²) in [4.78, 5) is 22.8. The Hall–Kier alpha value is -1.08. The smallest absolute Gasteiger partial charge is 0.327 e. The molecule has 0 aliphatic heterocycles. The summed E-state index contributed by atoms with van der Waals surface area (Å²) in [5.41, 5.74) is 0.289. The molecule has 0 saturated heterocycles. The molecular weight excluding hydrogens is 280 g/mol. The van der Waals surface area contributed by atoms with Gasteiger partial charge in [0.1, 0.15) is 11.0 Å². The number of carbonyl (C=O) groups is 1. The molecule has 0 radical (unpaired) electrons. The molecule has 0 atom stereocenters. The normalized spacial score (nSPS) is 10.4. The van der Waals surface area contributed by atoms with E-state index < -0.39 is 5.97 Å². The Kier molecular flexibility index (Phi) is 4.75. The van der Waals surface area contributed by atoms with Gasteiger partial charge < -0.3 is 9.47 Å². The highest BCUT2D eigenvalue weighted by Crippen LogP contribution is 2.10. The van der Waals surface area contributed by atoms with E-state index in [0.29, 0.717) is 16.8 Å². The quantitative estimate of drug-likeness (QED) is 0.809. The van der Waals surface area contributed by atoms with E-state index in [4.69, 9.17) is 9.47 Å². The SMILES string of the molecule is CCOC(=O)Cn1[nH]c(COC)c(Br)c1=O. The molecule has 0 bridgehead atoms. The predicted molar refractivity (Wildman–Crippen MR) is 60.1 cm³/mol. The average Bonchev–Trinajstić information content (AvgIpc) is 2.48. The van der Waals surface area contributed by atoms with Crippen molar-refractivity contribution >= 4 is 21.9 Å². The van der Waals surface area contributed by atoms with Crippen molar-refractivity contribution in [2.75, 3.05) is 13.7 Å². The van der Waals surface area contributed by atoms with Crippen molar-refractivity contribution in [2.45, 2.75) is 20.1 Å². The van der Waals surface area contributed by atoms with Gasteiger partial charge in [0.05, 0.1) is 18.9 Å². The van der Waals surface area contributed by atoms with Gasteiger partial charge in [0.15, 0.2) is 0 Å². The Morgan fingerprint density at radius 2 is 2.25 bits per heavy atom. The maximum atomic E-state index is 11.6. The Morgan fingerprint density at radius 3 is 2.81 bits per heavy atom. The minimum Gasteiger partial charge on any atom is -0.465 e. The fraction of sp³-hybridized carbons (Fsp3) is 0.556. The second-order valence-electron chi connectivity index (χ2n) is 3.03. The molecule has 0 aliphatic carbocycles. The lowest BCUT2D eigenvalue weighted by Gasteiger charge is -2.01. The third-order valence-corrected chi connectivity index (χ3v) is 2.67. The van der Waals surface area contributed by atoms with Gasteiger partial charge in [-0.15, -0.1) is 0 Å². The van der Waals surface area contributed by atoms with E-state index in [1.165, 1.54) is 11.8 Å². The number of methoxy groups -OCH3 is 1. The van der Waals surface area contributed by atoms with Gasteiger partial charge in [-0.2, -0.15) is 0 Å². The van der Waals surface area contributed by atoms with Gasteiger partial charge in [-0.05, 0) is 22.9 Å². The molecule has 1 aromatic rings. The second-order valence-corrected chi connectivity index (χ2v) is 3.83. The molecule has 0 aliphatic rings. The minimum atomic E-state index is -0.456. The first kappa shape index (κ1) is 13.0. The topological polar surface area (TPSA) is 73.3 Å². The van der Waals surface area contributed by atoms with Gasteiger partial charge in [0.2, 0.25) is 0 Å². The number of rotatable bonds is 5. The first-order valence-electron chi connectivity index (χ1n) is 4.71. The molecule has 0 fully saturated rings. The zero-order valence-electron chi connectivity index (χ0n) is 9.08. The summed E-state index contributed by atoms with van der Waals surface area (Å²) in [6, 6.07) is 0. The number of halogens is 1. The summed E-state index contributed by atoms with van der Waals surface area (Å²) in [6.07, 6.45) is 0. The number of ether oxygens (including phenoxy) is 2. The Morgan fingerprint density at radius 1 is 1.56 bits per heavy atom. The Bertz CT molecular complexity index is 424. The zero-order chi connectivity index (χ0) is 12.1. The van der Waals surface area contributed by atoms with Gasteiger partial charge in [0.25, 0.3) is 5.56 Å². The number of carbonyl (C=O) groups excluding carboxylic acids is 1. The van der Waals surface area contributed by atoms with Crippen molar-refractivity contribution in [3.05, 3.63) is 20.5 Å². The molecule has 0 spiro atoms. The van der Waals surface area contributed by atoms with Crippen LogP contribution in [0.25, 0.3) is 0 Å². The van der Waals surface area contributed by atoms with Crippen molar-refractivity contribution in [1.82, 2.24) is 9.78 Å². The summed E-state index contributed by atoms with van der Waals surface area (Å²) in [6.45, 7) is 2.14. The maximum absolute atomic E-state index is 11.6. The van der Waals surface area contributed by atoms with Crippen LogP contribution in [0.5, 0.6) is 0 Å². The van der Waals surface area contributed by atoms with Gasteiger partial charge >= 0.3 is 5.97 Å². The lowest BCUT2D eigenvalue weighted by Crippen LogP contribution is -2.23. The van der Waals surface area contributed by atoms with Gasteiger partial charge in [0, 0.05) is 7.11 Å². The van der Waals surface area contributed by atoms with Gasteiger partial charge in [-0.1, -0.05) is 0 Å². The molecule has 0 amide bonds. The van der Waals surface area contributed by atoms with Crippen LogP contribution in [0.1, 0.15) is 12.6 Å². The Labute approximate surface area is 101 Å². The number of aromatic amines is 1. The third kappa shape index (κ3) is 2.96. The molecule has 7 heteroatoms. The van der Waals surface area contributed by atoms with Crippen molar-refractivity contribution in [1.29, 1.82) is 0 Å². The summed E-state index contributed by atoms with van der Waals surface area (Å²) >= 11 is 3.13. The highest BCUT2D eigenvalue weighted by atomic mass is 79.9. The number of aromatic nitrogens is 2. The molecular formula is C9H13BrN2O4. The van der Waals surface area contributed by atoms with Crippen molar-refractivity contribution in [3.8, 4) is 0 Å². The number of H-pyrrole nitrogens is 1. The van der Waals surface area contributed by atoms with Crippen LogP contribution in [0.2, 0.25) is 0 Å². The first-order chi connectivity index (χ1) is 7.60. The number of hydrogen-bond acceptors (Lipinski definition) is 4. The summed E-state index contributed by atoms with van der Waals surface area (Å²) < 4.78 is 11.2. The number of nitrogens with zero attached hydrogens (tertiary/aromatic N) is 1.